The van der Waals surface area contributed by atoms with Gasteiger partial charge in [-0.1, -0.05) is 6.07 Å². The maximum Gasteiger partial charge on any atom is 0.236 e. The van der Waals surface area contributed by atoms with Gasteiger partial charge in [-0.05, 0) is 31.0 Å². The molecule has 5 rings (SSSR count). The molecule has 152 valence electrons. The first-order valence-corrected chi connectivity index (χ1v) is 10.4. The number of carbonyl (C=O) groups is 1. The van der Waals surface area contributed by atoms with Crippen molar-refractivity contribution in [1.82, 2.24) is 19.2 Å². The molecule has 0 spiro atoms. The fourth-order valence-corrected chi connectivity index (χ4v) is 4.57. The van der Waals surface area contributed by atoms with Crippen molar-refractivity contribution in [2.75, 3.05) is 57.8 Å². The number of benzene rings is 1. The van der Waals surface area contributed by atoms with Gasteiger partial charge in [0.2, 0.25) is 5.91 Å². The monoisotopic (exact) mass is 393 g/mol. The van der Waals surface area contributed by atoms with E-state index in [2.05, 4.69) is 32.4 Å². The molecule has 3 aromatic rings. The molecule has 7 nitrogen and oxygen atoms in total. The quantitative estimate of drug-likeness (QED) is 0.681. The number of para-hydroxylation sites is 1. The van der Waals surface area contributed by atoms with Crippen molar-refractivity contribution in [3.63, 3.8) is 0 Å². The Morgan fingerprint density at radius 2 is 1.83 bits per heavy atom. The smallest absolute Gasteiger partial charge is 0.236 e. The Labute approximate surface area is 170 Å². The van der Waals surface area contributed by atoms with Gasteiger partial charge in [0.15, 0.2) is 0 Å². The predicted octanol–water partition coefficient (Wildman–Crippen LogP) is 2.24. The topological polar surface area (TPSA) is 53.3 Å². The molecule has 0 bridgehead atoms. The molecule has 0 N–H and O–H groups in total. The van der Waals surface area contributed by atoms with E-state index in [0.29, 0.717) is 6.54 Å². The molecule has 29 heavy (non-hydrogen) atoms. The molecule has 0 unspecified atom stereocenters. The summed E-state index contributed by atoms with van der Waals surface area (Å²) in [5.74, 6) is 1.12. The summed E-state index contributed by atoms with van der Waals surface area (Å²) in [6, 6.07) is 8.31. The van der Waals surface area contributed by atoms with E-state index in [1.807, 2.05) is 23.4 Å². The van der Waals surface area contributed by atoms with Crippen LogP contribution in [-0.4, -0.2) is 78.0 Å². The van der Waals surface area contributed by atoms with Gasteiger partial charge in [-0.25, -0.2) is 0 Å². The third-order valence-electron chi connectivity index (χ3n) is 6.21. The van der Waals surface area contributed by atoms with Crippen molar-refractivity contribution in [2.24, 2.45) is 0 Å². The number of piperazine rings is 1. The van der Waals surface area contributed by atoms with Crippen LogP contribution in [0, 0.1) is 0 Å². The highest BCUT2D eigenvalue weighted by atomic mass is 16.5. The van der Waals surface area contributed by atoms with Crippen LogP contribution in [0.15, 0.2) is 36.7 Å². The number of anilines is 1. The molecule has 0 radical (unpaired) electrons. The van der Waals surface area contributed by atoms with Crippen LogP contribution < -0.4 is 9.64 Å². The van der Waals surface area contributed by atoms with Crippen LogP contribution in [0.3, 0.4) is 0 Å². The summed E-state index contributed by atoms with van der Waals surface area (Å²) in [7, 11) is 1.68. The summed E-state index contributed by atoms with van der Waals surface area (Å²) < 4.78 is 7.57. The van der Waals surface area contributed by atoms with E-state index in [4.69, 9.17) is 9.72 Å². The van der Waals surface area contributed by atoms with E-state index >= 15 is 0 Å². The molecule has 1 aromatic carbocycles. The van der Waals surface area contributed by atoms with Crippen LogP contribution in [-0.2, 0) is 4.79 Å². The molecular formula is C22H27N5O2. The molecule has 2 saturated heterocycles. The summed E-state index contributed by atoms with van der Waals surface area (Å²) in [5.41, 5.74) is 4.21. The Morgan fingerprint density at radius 3 is 2.59 bits per heavy atom. The minimum absolute atomic E-state index is 0.284. The predicted molar refractivity (Wildman–Crippen MR) is 114 cm³/mol. The van der Waals surface area contributed by atoms with Crippen molar-refractivity contribution in [1.29, 1.82) is 0 Å². The summed E-state index contributed by atoms with van der Waals surface area (Å²) in [5, 5.41) is 0. The number of ether oxygens (including phenoxy) is 1. The highest BCUT2D eigenvalue weighted by Crippen LogP contribution is 2.30. The van der Waals surface area contributed by atoms with Gasteiger partial charge in [-0.3, -0.25) is 14.7 Å². The zero-order valence-corrected chi connectivity index (χ0v) is 16.9. The molecule has 2 fully saturated rings. The Kier molecular flexibility index (Phi) is 4.75. The van der Waals surface area contributed by atoms with E-state index in [9.17, 15) is 4.79 Å². The van der Waals surface area contributed by atoms with Crippen LogP contribution in [0.4, 0.5) is 5.69 Å². The van der Waals surface area contributed by atoms with Crippen molar-refractivity contribution in [3.8, 4) is 5.75 Å². The number of likely N-dealkylation sites (tertiary alicyclic amines) is 1. The molecular weight excluding hydrogens is 366 g/mol. The summed E-state index contributed by atoms with van der Waals surface area (Å²) in [6.07, 6.45) is 6.21. The lowest BCUT2D eigenvalue weighted by molar-refractivity contribution is -0.131. The van der Waals surface area contributed by atoms with Crippen LogP contribution in [0.5, 0.6) is 5.75 Å². The van der Waals surface area contributed by atoms with Crippen LogP contribution in [0.25, 0.3) is 16.6 Å². The second-order valence-electron chi connectivity index (χ2n) is 7.89. The van der Waals surface area contributed by atoms with Gasteiger partial charge < -0.3 is 18.9 Å². The SMILES string of the molecule is COc1ccn2c1cnc1c(N3CCN(CC(=O)N4CCCC4)CC3)cccc12. The molecule has 0 saturated carbocycles. The molecule has 2 aliphatic heterocycles. The third kappa shape index (κ3) is 3.29. The zero-order chi connectivity index (χ0) is 19.8. The fraction of sp³-hybridized carbons (Fsp3) is 0.455. The van der Waals surface area contributed by atoms with Crippen molar-refractivity contribution >= 4 is 28.1 Å². The first-order valence-electron chi connectivity index (χ1n) is 10.4. The second-order valence-corrected chi connectivity index (χ2v) is 7.89. The van der Waals surface area contributed by atoms with Crippen LogP contribution in [0.2, 0.25) is 0 Å². The van der Waals surface area contributed by atoms with E-state index in [1.54, 1.807) is 7.11 Å². The number of rotatable bonds is 4. The van der Waals surface area contributed by atoms with Crippen molar-refractivity contribution < 1.29 is 9.53 Å². The van der Waals surface area contributed by atoms with Crippen molar-refractivity contribution in [3.05, 3.63) is 36.7 Å². The van der Waals surface area contributed by atoms with Crippen molar-refractivity contribution in [2.45, 2.75) is 12.8 Å². The lowest BCUT2D eigenvalue weighted by Gasteiger charge is -2.36. The number of fused-ring (bicyclic) bond motifs is 3. The number of nitrogens with zero attached hydrogens (tertiary/aromatic N) is 5. The van der Waals surface area contributed by atoms with Gasteiger partial charge in [-0.2, -0.15) is 0 Å². The molecule has 2 aliphatic rings. The number of hydrogen-bond acceptors (Lipinski definition) is 5. The Balaban J connectivity index is 1.33. The van der Waals surface area contributed by atoms with Gasteiger partial charge in [0.1, 0.15) is 16.8 Å². The van der Waals surface area contributed by atoms with Gasteiger partial charge in [-0.15, -0.1) is 0 Å². The Morgan fingerprint density at radius 1 is 1.03 bits per heavy atom. The van der Waals surface area contributed by atoms with E-state index < -0.39 is 0 Å². The van der Waals surface area contributed by atoms with Crippen LogP contribution in [0.1, 0.15) is 12.8 Å². The second kappa shape index (κ2) is 7.55. The van der Waals surface area contributed by atoms with Gasteiger partial charge in [0, 0.05) is 45.5 Å². The summed E-state index contributed by atoms with van der Waals surface area (Å²) >= 11 is 0. The third-order valence-corrected chi connectivity index (χ3v) is 6.21. The number of aromatic nitrogens is 2. The molecule has 0 atom stereocenters. The number of methoxy groups -OCH3 is 1. The lowest BCUT2D eigenvalue weighted by Crippen LogP contribution is -2.50. The minimum Gasteiger partial charge on any atom is -0.494 e. The largest absolute Gasteiger partial charge is 0.494 e. The average molecular weight is 393 g/mol. The first kappa shape index (κ1) is 18.2. The highest BCUT2D eigenvalue weighted by molar-refractivity contribution is 5.91. The molecule has 7 heteroatoms. The standard InChI is InChI=1S/C22H27N5O2/c1-29-20-7-10-27-18-6-4-5-17(22(18)23-15-19(20)27)25-13-11-24(12-14-25)16-21(28)26-8-2-3-9-26/h4-7,10,15H,2-3,8-9,11-14,16H2,1H3. The van der Waals surface area contributed by atoms with Gasteiger partial charge in [0.25, 0.3) is 0 Å². The first-order chi connectivity index (χ1) is 14.2. The number of amides is 1. The molecule has 0 aliphatic carbocycles. The molecule has 1 amide bonds. The van der Waals surface area contributed by atoms with E-state index in [1.165, 1.54) is 0 Å². The normalized spacial score (nSPS) is 18.1. The van der Waals surface area contributed by atoms with E-state index in [0.717, 1.165) is 80.1 Å². The Hall–Kier alpha value is -2.80. The molecule has 4 heterocycles. The van der Waals surface area contributed by atoms with Crippen LogP contribution >= 0.6 is 0 Å². The summed E-state index contributed by atoms with van der Waals surface area (Å²) in [4.78, 5) is 23.9. The van der Waals surface area contributed by atoms with Gasteiger partial charge >= 0.3 is 0 Å². The lowest BCUT2D eigenvalue weighted by atomic mass is 10.2. The maximum absolute atomic E-state index is 12.4. The maximum atomic E-state index is 12.4. The fourth-order valence-electron chi connectivity index (χ4n) is 4.57. The summed E-state index contributed by atoms with van der Waals surface area (Å²) in [6.45, 7) is 6.01. The highest BCUT2D eigenvalue weighted by Gasteiger charge is 2.24. The average Bonchev–Trinajstić information content (AvgIpc) is 3.44. The Bertz CT molecular complexity index is 1030. The number of hydrogen-bond donors (Lipinski definition) is 0. The zero-order valence-electron chi connectivity index (χ0n) is 16.9. The minimum atomic E-state index is 0.284. The molecule has 2 aromatic heterocycles. The number of carbonyl (C=O) groups excluding carboxylic acids is 1. The van der Waals surface area contributed by atoms with E-state index in [-0.39, 0.29) is 5.91 Å². The van der Waals surface area contributed by atoms with Gasteiger partial charge in [0.05, 0.1) is 31.1 Å².